The number of benzene rings is 1. The summed E-state index contributed by atoms with van der Waals surface area (Å²) in [4.78, 5) is 38.7. The van der Waals surface area contributed by atoms with Crippen LogP contribution in [0.4, 0.5) is 11.4 Å². The van der Waals surface area contributed by atoms with Crippen LogP contribution in [0.1, 0.15) is 19.8 Å². The number of carbonyl (C=O) groups excluding carboxylic acids is 3. The van der Waals surface area contributed by atoms with E-state index in [-0.39, 0.29) is 23.6 Å². The Morgan fingerprint density at radius 3 is 2.44 bits per heavy atom. The summed E-state index contributed by atoms with van der Waals surface area (Å²) >= 11 is 0. The molecule has 1 aromatic carbocycles. The van der Waals surface area contributed by atoms with Crippen LogP contribution in [-0.4, -0.2) is 61.3 Å². The van der Waals surface area contributed by atoms with Crippen molar-refractivity contribution in [3.63, 3.8) is 0 Å². The lowest BCUT2D eigenvalue weighted by Crippen LogP contribution is -2.47. The Morgan fingerprint density at radius 2 is 1.84 bits per heavy atom. The summed E-state index contributed by atoms with van der Waals surface area (Å²) in [5, 5.41) is 5.53. The molecule has 0 aliphatic carbocycles. The molecule has 2 saturated heterocycles. The van der Waals surface area contributed by atoms with E-state index in [0.717, 1.165) is 37.6 Å². The highest BCUT2D eigenvalue weighted by molar-refractivity contribution is 6.01. The normalized spacial score (nSPS) is 21.8. The van der Waals surface area contributed by atoms with Crippen LogP contribution in [-0.2, 0) is 14.4 Å². The van der Waals surface area contributed by atoms with E-state index in [1.54, 1.807) is 6.92 Å². The Labute approximate surface area is 147 Å². The number of hydrogen-bond acceptors (Lipinski definition) is 6. The second kappa shape index (κ2) is 7.65. The van der Waals surface area contributed by atoms with E-state index in [1.807, 2.05) is 24.3 Å². The third-order valence-corrected chi connectivity index (χ3v) is 4.63. The first-order chi connectivity index (χ1) is 12.0. The molecule has 0 saturated carbocycles. The lowest BCUT2D eigenvalue weighted by atomic mass is 10.1. The Morgan fingerprint density at radius 1 is 1.16 bits per heavy atom. The molecule has 7 heteroatoms. The van der Waals surface area contributed by atoms with E-state index < -0.39 is 0 Å². The first kappa shape index (κ1) is 17.4. The zero-order valence-corrected chi connectivity index (χ0v) is 14.5. The fourth-order valence-corrected chi connectivity index (χ4v) is 3.28. The van der Waals surface area contributed by atoms with Gasteiger partial charge in [0.25, 0.3) is 0 Å². The highest BCUT2D eigenvalue weighted by Gasteiger charge is 2.26. The van der Waals surface area contributed by atoms with E-state index in [9.17, 15) is 14.4 Å². The summed E-state index contributed by atoms with van der Waals surface area (Å²) in [5.41, 5.74) is 2.00. The zero-order chi connectivity index (χ0) is 17.8. The minimum Gasteiger partial charge on any atom is -0.374 e. The van der Waals surface area contributed by atoms with Gasteiger partial charge in [0, 0.05) is 44.0 Å². The van der Waals surface area contributed by atoms with Crippen molar-refractivity contribution >= 4 is 29.0 Å². The number of nitrogens with one attached hydrogen (secondary N) is 2. The maximum absolute atomic E-state index is 11.8. The van der Waals surface area contributed by atoms with Crippen molar-refractivity contribution in [1.82, 2.24) is 10.2 Å². The van der Waals surface area contributed by atoms with Crippen LogP contribution < -0.4 is 15.5 Å². The molecular formula is C18H24N4O3. The van der Waals surface area contributed by atoms with Crippen LogP contribution >= 0.6 is 0 Å². The largest absolute Gasteiger partial charge is 0.374 e. The number of imide groups is 1. The second-order valence-corrected chi connectivity index (χ2v) is 6.66. The molecule has 2 aliphatic heterocycles. The van der Waals surface area contributed by atoms with Crippen molar-refractivity contribution < 1.29 is 14.4 Å². The number of nitrogens with zero attached hydrogens (tertiary/aromatic N) is 2. The number of ketones is 1. The minimum atomic E-state index is -0.362. The van der Waals surface area contributed by atoms with Gasteiger partial charge < -0.3 is 10.2 Å². The van der Waals surface area contributed by atoms with Gasteiger partial charge in [-0.05, 0) is 37.6 Å². The van der Waals surface area contributed by atoms with Gasteiger partial charge in [-0.15, -0.1) is 0 Å². The van der Waals surface area contributed by atoms with Gasteiger partial charge in [0.2, 0.25) is 11.8 Å². The fourth-order valence-electron chi connectivity index (χ4n) is 3.28. The lowest BCUT2D eigenvalue weighted by molar-refractivity contribution is -0.133. The predicted octanol–water partition coefficient (Wildman–Crippen LogP) is 0.615. The summed E-state index contributed by atoms with van der Waals surface area (Å²) in [6.45, 7) is 5.72. The molecule has 0 radical (unpaired) electrons. The third-order valence-electron chi connectivity index (χ3n) is 4.63. The molecule has 2 aliphatic rings. The van der Waals surface area contributed by atoms with E-state index in [4.69, 9.17) is 0 Å². The molecule has 7 nitrogen and oxygen atoms in total. The van der Waals surface area contributed by atoms with Crippen molar-refractivity contribution in [1.29, 1.82) is 0 Å². The molecule has 2 fully saturated rings. The number of carbonyl (C=O) groups is 3. The molecule has 0 spiro atoms. The Balaban J connectivity index is 1.53. The SMILES string of the molecule is CC(=O)CN1CCN(c2ccc(NC3CCC(=O)NC3=O)cc2)CC1. The predicted molar refractivity (Wildman–Crippen MR) is 95.6 cm³/mol. The monoisotopic (exact) mass is 344 g/mol. The van der Waals surface area contributed by atoms with Gasteiger partial charge in [0.05, 0.1) is 6.54 Å². The maximum Gasteiger partial charge on any atom is 0.249 e. The molecule has 1 unspecified atom stereocenters. The van der Waals surface area contributed by atoms with Crippen molar-refractivity contribution in [3.05, 3.63) is 24.3 Å². The summed E-state index contributed by atoms with van der Waals surface area (Å²) in [5.74, 6) is -0.262. The topological polar surface area (TPSA) is 81.8 Å². The number of Topliss-reactive ketones (excluding diaryl/α,β-unsaturated/α-hetero) is 1. The Hall–Kier alpha value is -2.41. The maximum atomic E-state index is 11.8. The molecule has 0 bridgehead atoms. The number of rotatable bonds is 5. The van der Waals surface area contributed by atoms with Crippen LogP contribution in [0.2, 0.25) is 0 Å². The second-order valence-electron chi connectivity index (χ2n) is 6.66. The van der Waals surface area contributed by atoms with Gasteiger partial charge in [-0.3, -0.25) is 24.6 Å². The van der Waals surface area contributed by atoms with Gasteiger partial charge in [-0.2, -0.15) is 0 Å². The first-order valence-corrected chi connectivity index (χ1v) is 8.68. The Bertz CT molecular complexity index is 651. The quantitative estimate of drug-likeness (QED) is 0.762. The van der Waals surface area contributed by atoms with Gasteiger partial charge in [0.1, 0.15) is 11.8 Å². The number of piperazine rings is 1. The number of hydrogen-bond donors (Lipinski definition) is 2. The summed E-state index contributed by atoms with van der Waals surface area (Å²) in [7, 11) is 0. The minimum absolute atomic E-state index is 0.206. The molecule has 1 atom stereocenters. The van der Waals surface area contributed by atoms with Crippen molar-refractivity contribution in [3.8, 4) is 0 Å². The number of amides is 2. The molecular weight excluding hydrogens is 320 g/mol. The fraction of sp³-hybridized carbons (Fsp3) is 0.500. The van der Waals surface area contributed by atoms with Gasteiger partial charge in [0.15, 0.2) is 0 Å². The van der Waals surface area contributed by atoms with Crippen LogP contribution in [0.15, 0.2) is 24.3 Å². The summed E-state index contributed by atoms with van der Waals surface area (Å²) in [6.07, 6.45) is 0.885. The van der Waals surface area contributed by atoms with Gasteiger partial charge >= 0.3 is 0 Å². The van der Waals surface area contributed by atoms with Crippen molar-refractivity contribution in [2.45, 2.75) is 25.8 Å². The lowest BCUT2D eigenvalue weighted by Gasteiger charge is -2.35. The smallest absolute Gasteiger partial charge is 0.249 e. The van der Waals surface area contributed by atoms with Crippen LogP contribution in [0.25, 0.3) is 0 Å². The number of anilines is 2. The van der Waals surface area contributed by atoms with Crippen molar-refractivity contribution in [2.75, 3.05) is 42.9 Å². The summed E-state index contributed by atoms with van der Waals surface area (Å²) < 4.78 is 0. The van der Waals surface area contributed by atoms with Gasteiger partial charge in [-0.25, -0.2) is 0 Å². The average molecular weight is 344 g/mol. The standard InChI is InChI=1S/C18H24N4O3/c1-13(23)12-21-8-10-22(11-9-21)15-4-2-14(3-5-15)19-16-6-7-17(24)20-18(16)25/h2-5,16,19H,6-12H2,1H3,(H,20,24,25). The zero-order valence-electron chi connectivity index (χ0n) is 14.5. The van der Waals surface area contributed by atoms with E-state index >= 15 is 0 Å². The molecule has 25 heavy (non-hydrogen) atoms. The molecule has 2 amide bonds. The third kappa shape index (κ3) is 4.57. The van der Waals surface area contributed by atoms with Crippen LogP contribution in [0, 0.1) is 0 Å². The van der Waals surface area contributed by atoms with E-state index in [1.165, 1.54) is 0 Å². The Kier molecular flexibility index (Phi) is 5.33. The first-order valence-electron chi connectivity index (χ1n) is 8.68. The van der Waals surface area contributed by atoms with Crippen molar-refractivity contribution in [2.24, 2.45) is 0 Å². The summed E-state index contributed by atoms with van der Waals surface area (Å²) in [6, 6.07) is 7.63. The highest BCUT2D eigenvalue weighted by atomic mass is 16.2. The average Bonchev–Trinajstić information content (AvgIpc) is 2.58. The van der Waals surface area contributed by atoms with E-state index in [0.29, 0.717) is 19.4 Å². The molecule has 3 rings (SSSR count). The molecule has 1 aromatic rings. The molecule has 2 N–H and O–H groups in total. The van der Waals surface area contributed by atoms with Crippen LogP contribution in [0.3, 0.4) is 0 Å². The molecule has 134 valence electrons. The molecule has 0 aromatic heterocycles. The van der Waals surface area contributed by atoms with E-state index in [2.05, 4.69) is 20.4 Å². The van der Waals surface area contributed by atoms with Crippen LogP contribution in [0.5, 0.6) is 0 Å². The van der Waals surface area contributed by atoms with Gasteiger partial charge in [-0.1, -0.05) is 0 Å². The molecule has 2 heterocycles. The highest BCUT2D eigenvalue weighted by Crippen LogP contribution is 2.21. The number of piperidine rings is 1.